The lowest BCUT2D eigenvalue weighted by Gasteiger charge is -2.33. The van der Waals surface area contributed by atoms with Crippen LogP contribution in [0.4, 0.5) is 24.7 Å². The second-order valence-electron chi connectivity index (χ2n) is 6.66. The third-order valence-electron chi connectivity index (χ3n) is 4.78. The maximum atomic E-state index is 13.7. The van der Waals surface area contributed by atoms with E-state index in [9.17, 15) is 18.0 Å². The quantitative estimate of drug-likeness (QED) is 0.542. The van der Waals surface area contributed by atoms with Crippen molar-refractivity contribution in [3.05, 3.63) is 57.4 Å². The summed E-state index contributed by atoms with van der Waals surface area (Å²) < 4.78 is 47.2. The smallest absolute Gasteiger partial charge is 0.410 e. The number of amides is 1. The van der Waals surface area contributed by atoms with E-state index in [1.165, 1.54) is 24.5 Å². The Balaban J connectivity index is 1.69. The Morgan fingerprint density at radius 2 is 2.20 bits per heavy atom. The first kappa shape index (κ1) is 20.5. The number of nitrogens with one attached hydrogen (secondary N) is 2. The molecule has 1 aliphatic heterocycles. The standard InChI is InChI=1S/C19H16ClF3N4O2S/c1-29-14-5-4-10(20)7-12(14)26-18(28)11-9-24-27-16(19(21,22)23)8-13(25-17(11)27)15-3-2-6-30-15/h2-7,9,13,16,25H,8H2,1H3,(H,26,28)/t13-,16+/m0/s1. The van der Waals surface area contributed by atoms with Crippen LogP contribution in [0.1, 0.15) is 33.7 Å². The predicted molar refractivity (Wildman–Crippen MR) is 109 cm³/mol. The highest BCUT2D eigenvalue weighted by atomic mass is 35.5. The molecule has 3 aromatic rings. The van der Waals surface area contributed by atoms with Crippen LogP contribution in [-0.4, -0.2) is 29.0 Å². The Morgan fingerprint density at radius 1 is 1.40 bits per heavy atom. The summed E-state index contributed by atoms with van der Waals surface area (Å²) in [5, 5.41) is 11.7. The summed E-state index contributed by atoms with van der Waals surface area (Å²) in [6.45, 7) is 0. The summed E-state index contributed by atoms with van der Waals surface area (Å²) in [5.74, 6) is -0.246. The SMILES string of the molecule is COc1ccc(Cl)cc1NC(=O)c1cnn2c1N[C@H](c1cccs1)C[C@@H]2C(F)(F)F. The van der Waals surface area contributed by atoms with Gasteiger partial charge in [-0.05, 0) is 29.6 Å². The van der Waals surface area contributed by atoms with Crippen LogP contribution in [0.5, 0.6) is 5.75 Å². The third kappa shape index (κ3) is 3.84. The van der Waals surface area contributed by atoms with Gasteiger partial charge in [-0.2, -0.15) is 18.3 Å². The molecular formula is C19H16ClF3N4O2S. The molecule has 0 saturated heterocycles. The number of anilines is 2. The monoisotopic (exact) mass is 456 g/mol. The van der Waals surface area contributed by atoms with Crippen LogP contribution >= 0.6 is 22.9 Å². The number of rotatable bonds is 4. The molecule has 11 heteroatoms. The zero-order chi connectivity index (χ0) is 21.5. The Morgan fingerprint density at radius 3 is 2.87 bits per heavy atom. The molecule has 1 aromatic carbocycles. The molecule has 0 fully saturated rings. The number of alkyl halides is 3. The van der Waals surface area contributed by atoms with Gasteiger partial charge in [-0.15, -0.1) is 11.3 Å². The summed E-state index contributed by atoms with van der Waals surface area (Å²) in [6.07, 6.45) is -3.60. The highest BCUT2D eigenvalue weighted by molar-refractivity contribution is 7.10. The zero-order valence-electron chi connectivity index (χ0n) is 15.5. The van der Waals surface area contributed by atoms with Gasteiger partial charge in [0.1, 0.15) is 17.1 Å². The Bertz CT molecular complexity index is 1070. The van der Waals surface area contributed by atoms with E-state index in [1.54, 1.807) is 29.6 Å². The van der Waals surface area contributed by atoms with Crippen molar-refractivity contribution in [2.75, 3.05) is 17.7 Å². The molecule has 0 aliphatic carbocycles. The van der Waals surface area contributed by atoms with Crippen molar-refractivity contribution in [1.82, 2.24) is 9.78 Å². The van der Waals surface area contributed by atoms with E-state index < -0.39 is 24.2 Å². The molecule has 0 spiro atoms. The van der Waals surface area contributed by atoms with E-state index in [0.717, 1.165) is 15.8 Å². The van der Waals surface area contributed by atoms with Gasteiger partial charge in [-0.3, -0.25) is 4.79 Å². The number of aromatic nitrogens is 2. The van der Waals surface area contributed by atoms with Gasteiger partial charge in [-0.1, -0.05) is 17.7 Å². The fraction of sp³-hybridized carbons (Fsp3) is 0.263. The van der Waals surface area contributed by atoms with E-state index in [1.807, 2.05) is 0 Å². The normalized spacial score (nSPS) is 18.4. The number of benzene rings is 1. The first-order valence-corrected chi connectivity index (χ1v) is 10.1. The van der Waals surface area contributed by atoms with Gasteiger partial charge in [0.25, 0.3) is 5.91 Å². The fourth-order valence-electron chi connectivity index (χ4n) is 3.37. The highest BCUT2D eigenvalue weighted by Gasteiger charge is 2.47. The Labute approximate surface area is 178 Å². The van der Waals surface area contributed by atoms with Crippen molar-refractivity contribution in [3.63, 3.8) is 0 Å². The molecule has 0 bridgehead atoms. The molecule has 0 saturated carbocycles. The number of nitrogens with zero attached hydrogens (tertiary/aromatic N) is 2. The van der Waals surface area contributed by atoms with E-state index >= 15 is 0 Å². The van der Waals surface area contributed by atoms with Crippen LogP contribution in [0, 0.1) is 0 Å². The lowest BCUT2D eigenvalue weighted by atomic mass is 10.0. The van der Waals surface area contributed by atoms with E-state index in [-0.39, 0.29) is 17.8 Å². The van der Waals surface area contributed by atoms with Crippen molar-refractivity contribution in [2.45, 2.75) is 24.7 Å². The molecular weight excluding hydrogens is 441 g/mol. The number of methoxy groups -OCH3 is 1. The number of thiophene rings is 1. The molecule has 1 amide bonds. The molecule has 4 rings (SSSR count). The van der Waals surface area contributed by atoms with Crippen molar-refractivity contribution < 1.29 is 22.7 Å². The lowest BCUT2D eigenvalue weighted by molar-refractivity contribution is -0.173. The molecule has 2 aromatic heterocycles. The summed E-state index contributed by atoms with van der Waals surface area (Å²) >= 11 is 7.34. The molecule has 0 radical (unpaired) electrons. The average Bonchev–Trinajstić information content (AvgIpc) is 3.36. The zero-order valence-corrected chi connectivity index (χ0v) is 17.1. The molecule has 1 aliphatic rings. The van der Waals surface area contributed by atoms with Gasteiger partial charge in [0.05, 0.1) is 25.0 Å². The van der Waals surface area contributed by atoms with Gasteiger partial charge < -0.3 is 15.4 Å². The molecule has 2 N–H and O–H groups in total. The number of halogens is 4. The van der Waals surface area contributed by atoms with Crippen molar-refractivity contribution in [2.24, 2.45) is 0 Å². The Hall–Kier alpha value is -2.72. The lowest BCUT2D eigenvalue weighted by Crippen LogP contribution is -2.36. The number of carbonyl (C=O) groups is 1. The van der Waals surface area contributed by atoms with Crippen LogP contribution in [0.3, 0.4) is 0 Å². The van der Waals surface area contributed by atoms with Gasteiger partial charge >= 0.3 is 6.18 Å². The van der Waals surface area contributed by atoms with Crippen molar-refractivity contribution in [1.29, 1.82) is 0 Å². The number of hydrogen-bond acceptors (Lipinski definition) is 5. The number of fused-ring (bicyclic) bond motifs is 1. The van der Waals surface area contributed by atoms with Crippen LogP contribution in [0.2, 0.25) is 5.02 Å². The second kappa shape index (κ2) is 7.84. The summed E-state index contributed by atoms with van der Waals surface area (Å²) in [4.78, 5) is 13.6. The van der Waals surface area contributed by atoms with Gasteiger partial charge in [0, 0.05) is 16.3 Å². The van der Waals surface area contributed by atoms with Crippen LogP contribution in [0.15, 0.2) is 41.9 Å². The second-order valence-corrected chi connectivity index (χ2v) is 8.07. The summed E-state index contributed by atoms with van der Waals surface area (Å²) in [5.41, 5.74) is 0.292. The van der Waals surface area contributed by atoms with Crippen LogP contribution < -0.4 is 15.4 Å². The highest BCUT2D eigenvalue weighted by Crippen LogP contribution is 2.45. The van der Waals surface area contributed by atoms with E-state index in [4.69, 9.17) is 16.3 Å². The predicted octanol–water partition coefficient (Wildman–Crippen LogP) is 5.52. The first-order chi connectivity index (χ1) is 14.3. The van der Waals surface area contributed by atoms with Gasteiger partial charge in [0.2, 0.25) is 0 Å². The minimum Gasteiger partial charge on any atom is -0.495 e. The third-order valence-corrected chi connectivity index (χ3v) is 6.00. The van der Waals surface area contributed by atoms with Crippen LogP contribution in [-0.2, 0) is 0 Å². The maximum Gasteiger partial charge on any atom is 0.410 e. The summed E-state index contributed by atoms with van der Waals surface area (Å²) in [7, 11) is 1.43. The average molecular weight is 457 g/mol. The maximum absolute atomic E-state index is 13.7. The Kier molecular flexibility index (Phi) is 5.37. The molecule has 30 heavy (non-hydrogen) atoms. The molecule has 0 unspecified atom stereocenters. The fourth-order valence-corrected chi connectivity index (χ4v) is 4.34. The van der Waals surface area contributed by atoms with Gasteiger partial charge in [0.15, 0.2) is 6.04 Å². The van der Waals surface area contributed by atoms with Crippen LogP contribution in [0.25, 0.3) is 0 Å². The molecule has 2 atom stereocenters. The van der Waals surface area contributed by atoms with E-state index in [0.29, 0.717) is 16.5 Å². The summed E-state index contributed by atoms with van der Waals surface area (Å²) in [6, 6.07) is 5.77. The number of hydrogen-bond donors (Lipinski definition) is 2. The minimum atomic E-state index is -4.51. The molecule has 158 valence electrons. The molecule has 3 heterocycles. The largest absolute Gasteiger partial charge is 0.495 e. The van der Waals surface area contributed by atoms with Crippen molar-refractivity contribution >= 4 is 40.4 Å². The van der Waals surface area contributed by atoms with Crippen molar-refractivity contribution in [3.8, 4) is 5.75 Å². The van der Waals surface area contributed by atoms with E-state index in [2.05, 4.69) is 15.7 Å². The number of carbonyl (C=O) groups excluding carboxylic acids is 1. The molecule has 6 nitrogen and oxygen atoms in total. The number of ether oxygens (including phenoxy) is 1. The first-order valence-electron chi connectivity index (χ1n) is 8.87. The topological polar surface area (TPSA) is 68.2 Å². The van der Waals surface area contributed by atoms with Gasteiger partial charge in [-0.25, -0.2) is 4.68 Å². The minimum absolute atomic E-state index is 0.00691.